The number of amides is 1. The van der Waals surface area contributed by atoms with E-state index in [-0.39, 0.29) is 5.91 Å². The molecule has 2 aromatic rings. The van der Waals surface area contributed by atoms with Gasteiger partial charge in [-0.2, -0.15) is 0 Å². The van der Waals surface area contributed by atoms with Gasteiger partial charge in [-0.1, -0.05) is 22.4 Å². The first-order valence-electron chi connectivity index (χ1n) is 6.15. The summed E-state index contributed by atoms with van der Waals surface area (Å²) in [6.07, 6.45) is 5.37. The highest BCUT2D eigenvalue weighted by Crippen LogP contribution is 2.26. The summed E-state index contributed by atoms with van der Waals surface area (Å²) < 4.78 is 0.882. The zero-order valence-corrected chi connectivity index (χ0v) is 11.5. The Kier molecular flexibility index (Phi) is 3.07. The lowest BCUT2D eigenvalue weighted by atomic mass is 9.85. The van der Waals surface area contributed by atoms with Crippen LogP contribution >= 0.6 is 15.9 Å². The Morgan fingerprint density at radius 3 is 3.06 bits per heavy atom. The maximum Gasteiger partial charge on any atom is 0.253 e. The highest BCUT2D eigenvalue weighted by Gasteiger charge is 2.19. The van der Waals surface area contributed by atoms with E-state index in [9.17, 15) is 4.79 Å². The highest BCUT2D eigenvalue weighted by molar-refractivity contribution is 9.10. The maximum atomic E-state index is 12.2. The third-order valence-electron chi connectivity index (χ3n) is 3.51. The molecule has 1 fully saturated rings. The summed E-state index contributed by atoms with van der Waals surface area (Å²) in [7, 11) is 0. The molecule has 0 radical (unpaired) electrons. The summed E-state index contributed by atoms with van der Waals surface area (Å²) >= 11 is 3.41. The van der Waals surface area contributed by atoms with Crippen molar-refractivity contribution in [3.8, 4) is 0 Å². The molecule has 18 heavy (non-hydrogen) atoms. The molecule has 1 aliphatic carbocycles. The van der Waals surface area contributed by atoms with Crippen LogP contribution in [0, 0.1) is 5.92 Å². The van der Waals surface area contributed by atoms with Gasteiger partial charge in [-0.3, -0.25) is 4.79 Å². The fourth-order valence-corrected chi connectivity index (χ4v) is 2.67. The standard InChI is InChI=1S/C13H14BrN3O/c14-9-4-10(12-11(5-9)16-7-17-12)13(18)15-6-8-2-1-3-8/h4-5,7-8H,1-3,6H2,(H,15,18)(H,16,17). The molecule has 0 bridgehead atoms. The van der Waals surface area contributed by atoms with Crippen molar-refractivity contribution in [1.29, 1.82) is 0 Å². The Bertz CT molecular complexity index is 589. The van der Waals surface area contributed by atoms with Crippen LogP contribution in [0.2, 0.25) is 0 Å². The minimum absolute atomic E-state index is 0.0414. The van der Waals surface area contributed by atoms with E-state index < -0.39 is 0 Å². The zero-order valence-electron chi connectivity index (χ0n) is 9.87. The fourth-order valence-electron chi connectivity index (χ4n) is 2.22. The van der Waals surface area contributed by atoms with E-state index >= 15 is 0 Å². The van der Waals surface area contributed by atoms with Gasteiger partial charge in [0, 0.05) is 11.0 Å². The third-order valence-corrected chi connectivity index (χ3v) is 3.97. The summed E-state index contributed by atoms with van der Waals surface area (Å²) in [5.74, 6) is 0.621. The van der Waals surface area contributed by atoms with Crippen molar-refractivity contribution in [2.75, 3.05) is 6.54 Å². The van der Waals surface area contributed by atoms with Crippen molar-refractivity contribution in [3.05, 3.63) is 28.5 Å². The summed E-state index contributed by atoms with van der Waals surface area (Å²) in [4.78, 5) is 19.4. The van der Waals surface area contributed by atoms with Crippen molar-refractivity contribution in [2.24, 2.45) is 5.92 Å². The van der Waals surface area contributed by atoms with Gasteiger partial charge in [-0.05, 0) is 30.9 Å². The molecule has 0 spiro atoms. The Morgan fingerprint density at radius 1 is 1.50 bits per heavy atom. The lowest BCUT2D eigenvalue weighted by molar-refractivity contribution is 0.0940. The molecule has 0 unspecified atom stereocenters. The second kappa shape index (κ2) is 4.72. The van der Waals surface area contributed by atoms with E-state index in [1.165, 1.54) is 19.3 Å². The average Bonchev–Trinajstić information content (AvgIpc) is 2.73. The molecule has 1 aromatic heterocycles. The van der Waals surface area contributed by atoms with Gasteiger partial charge in [-0.15, -0.1) is 0 Å². The van der Waals surface area contributed by atoms with Crippen LogP contribution in [0.5, 0.6) is 0 Å². The SMILES string of the molecule is O=C(NCC1CCC1)c1cc(Br)cc2[nH]cnc12. The van der Waals surface area contributed by atoms with Crippen LogP contribution in [0.1, 0.15) is 29.6 Å². The number of nitrogens with one attached hydrogen (secondary N) is 2. The van der Waals surface area contributed by atoms with E-state index in [1.807, 2.05) is 12.1 Å². The number of imidazole rings is 1. The van der Waals surface area contributed by atoms with Crippen LogP contribution in [0.15, 0.2) is 22.9 Å². The Labute approximate surface area is 113 Å². The van der Waals surface area contributed by atoms with E-state index in [0.29, 0.717) is 11.5 Å². The van der Waals surface area contributed by atoms with Crippen LogP contribution in [0.25, 0.3) is 11.0 Å². The lowest BCUT2D eigenvalue weighted by Gasteiger charge is -2.25. The van der Waals surface area contributed by atoms with Crippen molar-refractivity contribution >= 4 is 32.9 Å². The number of carbonyl (C=O) groups is 1. The molecule has 1 aliphatic rings. The highest BCUT2D eigenvalue weighted by atomic mass is 79.9. The number of rotatable bonds is 3. The minimum Gasteiger partial charge on any atom is -0.352 e. The number of hydrogen-bond acceptors (Lipinski definition) is 2. The van der Waals surface area contributed by atoms with Gasteiger partial charge in [0.15, 0.2) is 0 Å². The molecular weight excluding hydrogens is 294 g/mol. The number of halogens is 1. The number of benzene rings is 1. The van der Waals surface area contributed by atoms with Gasteiger partial charge in [-0.25, -0.2) is 4.98 Å². The molecule has 1 heterocycles. The van der Waals surface area contributed by atoms with E-state index in [1.54, 1.807) is 6.33 Å². The predicted molar refractivity (Wildman–Crippen MR) is 73.5 cm³/mol. The first-order chi connectivity index (χ1) is 8.74. The molecule has 1 aromatic carbocycles. The molecular formula is C13H14BrN3O. The monoisotopic (exact) mass is 307 g/mol. The van der Waals surface area contributed by atoms with E-state index in [2.05, 4.69) is 31.2 Å². The Balaban J connectivity index is 1.83. The molecule has 0 atom stereocenters. The first kappa shape index (κ1) is 11.7. The van der Waals surface area contributed by atoms with Gasteiger partial charge in [0.1, 0.15) is 5.52 Å². The molecule has 0 aliphatic heterocycles. The third kappa shape index (κ3) is 2.14. The second-order valence-corrected chi connectivity index (χ2v) is 5.67. The van der Waals surface area contributed by atoms with Crippen molar-refractivity contribution in [2.45, 2.75) is 19.3 Å². The minimum atomic E-state index is -0.0414. The summed E-state index contributed by atoms with van der Waals surface area (Å²) in [6.45, 7) is 0.775. The van der Waals surface area contributed by atoms with Gasteiger partial charge in [0.2, 0.25) is 0 Å². The maximum absolute atomic E-state index is 12.2. The fraction of sp³-hybridized carbons (Fsp3) is 0.385. The Hall–Kier alpha value is -1.36. The zero-order chi connectivity index (χ0) is 12.5. The number of aromatic nitrogens is 2. The lowest BCUT2D eigenvalue weighted by Crippen LogP contribution is -2.32. The van der Waals surface area contributed by atoms with Gasteiger partial charge < -0.3 is 10.3 Å². The molecule has 3 rings (SSSR count). The number of H-pyrrole nitrogens is 1. The van der Waals surface area contributed by atoms with Crippen LogP contribution in [-0.4, -0.2) is 22.4 Å². The molecule has 5 heteroatoms. The van der Waals surface area contributed by atoms with Crippen LogP contribution in [0.3, 0.4) is 0 Å². The first-order valence-corrected chi connectivity index (χ1v) is 6.94. The predicted octanol–water partition coefficient (Wildman–Crippen LogP) is 2.86. The summed E-state index contributed by atoms with van der Waals surface area (Å²) in [6, 6.07) is 3.74. The molecule has 94 valence electrons. The number of fused-ring (bicyclic) bond motifs is 1. The number of carbonyl (C=O) groups excluding carboxylic acids is 1. The normalized spacial score (nSPS) is 15.6. The Morgan fingerprint density at radius 2 is 2.33 bits per heavy atom. The number of nitrogens with zero attached hydrogens (tertiary/aromatic N) is 1. The van der Waals surface area contributed by atoms with E-state index in [0.717, 1.165) is 22.1 Å². The van der Waals surface area contributed by atoms with Crippen molar-refractivity contribution in [1.82, 2.24) is 15.3 Å². The van der Waals surface area contributed by atoms with Crippen molar-refractivity contribution in [3.63, 3.8) is 0 Å². The number of hydrogen-bond donors (Lipinski definition) is 2. The van der Waals surface area contributed by atoms with Crippen LogP contribution in [-0.2, 0) is 0 Å². The van der Waals surface area contributed by atoms with Gasteiger partial charge in [0.25, 0.3) is 5.91 Å². The second-order valence-electron chi connectivity index (χ2n) is 4.76. The molecule has 4 nitrogen and oxygen atoms in total. The topological polar surface area (TPSA) is 57.8 Å². The molecule has 1 amide bonds. The largest absolute Gasteiger partial charge is 0.352 e. The van der Waals surface area contributed by atoms with Crippen LogP contribution in [0.4, 0.5) is 0 Å². The summed E-state index contributed by atoms with van der Waals surface area (Å²) in [5.41, 5.74) is 2.22. The van der Waals surface area contributed by atoms with Gasteiger partial charge in [0.05, 0.1) is 17.4 Å². The quantitative estimate of drug-likeness (QED) is 0.916. The molecule has 1 saturated carbocycles. The average molecular weight is 308 g/mol. The van der Waals surface area contributed by atoms with Gasteiger partial charge >= 0.3 is 0 Å². The number of aromatic amines is 1. The van der Waals surface area contributed by atoms with Crippen molar-refractivity contribution < 1.29 is 4.79 Å². The molecule has 2 N–H and O–H groups in total. The smallest absolute Gasteiger partial charge is 0.253 e. The molecule has 0 saturated heterocycles. The van der Waals surface area contributed by atoms with Crippen LogP contribution < -0.4 is 5.32 Å². The van der Waals surface area contributed by atoms with E-state index in [4.69, 9.17) is 0 Å². The summed E-state index contributed by atoms with van der Waals surface area (Å²) in [5, 5.41) is 3.00.